The Bertz CT molecular complexity index is 1070. The zero-order chi connectivity index (χ0) is 18.1. The summed E-state index contributed by atoms with van der Waals surface area (Å²) in [4.78, 5) is 28.8. The highest BCUT2D eigenvalue weighted by molar-refractivity contribution is 5.80. The van der Waals surface area contributed by atoms with Crippen LogP contribution in [0.4, 0.5) is 5.95 Å². The lowest BCUT2D eigenvalue weighted by molar-refractivity contribution is 0.475. The molecule has 0 spiro atoms. The molecule has 0 aliphatic carbocycles. The molecule has 0 fully saturated rings. The van der Waals surface area contributed by atoms with E-state index in [0.29, 0.717) is 23.7 Å². The molecule has 9 nitrogen and oxygen atoms in total. The summed E-state index contributed by atoms with van der Waals surface area (Å²) in [6.45, 7) is 2.36. The van der Waals surface area contributed by atoms with Gasteiger partial charge in [-0.15, -0.1) is 0 Å². The Labute approximate surface area is 142 Å². The van der Waals surface area contributed by atoms with E-state index in [9.17, 15) is 14.7 Å². The molecule has 9 heteroatoms. The fourth-order valence-corrected chi connectivity index (χ4v) is 2.56. The largest absolute Gasteiger partial charge is 0.508 e. The fraction of sp³-hybridized carbons (Fsp3) is 0.250. The van der Waals surface area contributed by atoms with Crippen LogP contribution in [0.3, 0.4) is 0 Å². The monoisotopic (exact) mass is 342 g/mol. The molecule has 0 aliphatic rings. The minimum Gasteiger partial charge on any atom is -0.508 e. The standard InChI is InChI=1S/C16H18N6O3/c1-4-22-12-13(20(2)16(25)21(3)14(12)24)18-15(22)19-17-9-10-5-7-11(23)8-6-10/h5-9,23H,4H2,1-3H3,(H,18,19)/b17-9-. The second-order valence-electron chi connectivity index (χ2n) is 5.52. The molecule has 130 valence electrons. The van der Waals surface area contributed by atoms with Crippen molar-refractivity contribution in [3.8, 4) is 5.75 Å². The molecule has 25 heavy (non-hydrogen) atoms. The van der Waals surface area contributed by atoms with Crippen LogP contribution in [-0.4, -0.2) is 30.0 Å². The van der Waals surface area contributed by atoms with Crippen LogP contribution in [0.15, 0.2) is 39.0 Å². The topological polar surface area (TPSA) is 106 Å². The third kappa shape index (κ3) is 2.80. The van der Waals surface area contributed by atoms with Crippen LogP contribution in [0.5, 0.6) is 5.75 Å². The third-order valence-electron chi connectivity index (χ3n) is 3.94. The Balaban J connectivity index is 2.03. The van der Waals surface area contributed by atoms with Gasteiger partial charge in [-0.2, -0.15) is 10.1 Å². The number of aromatic nitrogens is 4. The van der Waals surface area contributed by atoms with Crippen molar-refractivity contribution in [2.75, 3.05) is 5.43 Å². The Morgan fingerprint density at radius 3 is 2.52 bits per heavy atom. The number of hydrogen-bond donors (Lipinski definition) is 2. The predicted molar refractivity (Wildman–Crippen MR) is 95.2 cm³/mol. The highest BCUT2D eigenvalue weighted by Crippen LogP contribution is 2.15. The zero-order valence-electron chi connectivity index (χ0n) is 14.1. The molecule has 0 saturated heterocycles. The number of hydrazone groups is 1. The van der Waals surface area contributed by atoms with Crippen LogP contribution in [0.25, 0.3) is 11.2 Å². The van der Waals surface area contributed by atoms with Gasteiger partial charge < -0.3 is 9.67 Å². The molecule has 2 N–H and O–H groups in total. The number of benzene rings is 1. The van der Waals surface area contributed by atoms with Gasteiger partial charge in [0, 0.05) is 20.6 Å². The van der Waals surface area contributed by atoms with Crippen molar-refractivity contribution in [2.24, 2.45) is 19.2 Å². The van der Waals surface area contributed by atoms with E-state index in [-0.39, 0.29) is 5.75 Å². The van der Waals surface area contributed by atoms with Gasteiger partial charge in [-0.05, 0) is 36.8 Å². The van der Waals surface area contributed by atoms with Crippen LogP contribution >= 0.6 is 0 Å². The maximum absolute atomic E-state index is 12.4. The molecule has 0 radical (unpaired) electrons. The predicted octanol–water partition coefficient (Wildman–Crippen LogP) is 0.605. The first-order chi connectivity index (χ1) is 11.9. The maximum Gasteiger partial charge on any atom is 0.332 e. The van der Waals surface area contributed by atoms with Crippen molar-refractivity contribution in [3.63, 3.8) is 0 Å². The molecule has 0 saturated carbocycles. The summed E-state index contributed by atoms with van der Waals surface area (Å²) in [6, 6.07) is 6.54. The van der Waals surface area contributed by atoms with Crippen molar-refractivity contribution in [3.05, 3.63) is 50.7 Å². The van der Waals surface area contributed by atoms with Gasteiger partial charge in [0.25, 0.3) is 5.56 Å². The number of aromatic hydroxyl groups is 1. The average Bonchev–Trinajstić information content (AvgIpc) is 2.98. The van der Waals surface area contributed by atoms with Crippen molar-refractivity contribution in [1.82, 2.24) is 18.7 Å². The van der Waals surface area contributed by atoms with Gasteiger partial charge in [-0.1, -0.05) is 0 Å². The van der Waals surface area contributed by atoms with Gasteiger partial charge >= 0.3 is 5.69 Å². The molecule has 3 aromatic rings. The van der Waals surface area contributed by atoms with Crippen molar-refractivity contribution >= 4 is 23.3 Å². The lowest BCUT2D eigenvalue weighted by Gasteiger charge is -2.05. The quantitative estimate of drug-likeness (QED) is 0.533. The summed E-state index contributed by atoms with van der Waals surface area (Å²) in [5.74, 6) is 0.542. The molecular formula is C16H18N6O3. The Kier molecular flexibility index (Phi) is 4.14. The Morgan fingerprint density at radius 1 is 1.20 bits per heavy atom. The summed E-state index contributed by atoms with van der Waals surface area (Å²) in [5, 5.41) is 13.4. The van der Waals surface area contributed by atoms with E-state index >= 15 is 0 Å². The minimum atomic E-state index is -0.433. The van der Waals surface area contributed by atoms with E-state index in [1.807, 2.05) is 6.92 Å². The summed E-state index contributed by atoms with van der Waals surface area (Å²) < 4.78 is 4.06. The van der Waals surface area contributed by atoms with E-state index < -0.39 is 11.2 Å². The molecule has 0 atom stereocenters. The molecule has 2 aromatic heterocycles. The van der Waals surface area contributed by atoms with Crippen LogP contribution in [0.2, 0.25) is 0 Å². The molecular weight excluding hydrogens is 324 g/mol. The molecule has 2 heterocycles. The fourth-order valence-electron chi connectivity index (χ4n) is 2.56. The minimum absolute atomic E-state index is 0.176. The Hall–Kier alpha value is -3.36. The number of nitrogens with one attached hydrogen (secondary N) is 1. The maximum atomic E-state index is 12.4. The third-order valence-corrected chi connectivity index (χ3v) is 3.94. The molecule has 0 unspecified atom stereocenters. The highest BCUT2D eigenvalue weighted by atomic mass is 16.3. The number of phenols is 1. The SMILES string of the molecule is CCn1c(N/N=C\c2ccc(O)cc2)nc2c1c(=O)n(C)c(=O)n2C. The van der Waals surface area contributed by atoms with Gasteiger partial charge in [-0.25, -0.2) is 10.2 Å². The lowest BCUT2D eigenvalue weighted by atomic mass is 10.2. The van der Waals surface area contributed by atoms with Gasteiger partial charge in [0.05, 0.1) is 6.21 Å². The van der Waals surface area contributed by atoms with E-state index in [1.54, 1.807) is 42.1 Å². The van der Waals surface area contributed by atoms with Crippen LogP contribution < -0.4 is 16.7 Å². The van der Waals surface area contributed by atoms with Gasteiger partial charge in [0.1, 0.15) is 5.75 Å². The van der Waals surface area contributed by atoms with Crippen molar-refractivity contribution < 1.29 is 5.11 Å². The molecule has 0 aliphatic heterocycles. The number of rotatable bonds is 4. The molecule has 0 bridgehead atoms. The first-order valence-corrected chi connectivity index (χ1v) is 7.68. The van der Waals surface area contributed by atoms with Crippen LogP contribution in [0, 0.1) is 0 Å². The second-order valence-corrected chi connectivity index (χ2v) is 5.52. The number of anilines is 1. The van der Waals surface area contributed by atoms with Gasteiger partial charge in [0.2, 0.25) is 5.95 Å². The van der Waals surface area contributed by atoms with Gasteiger partial charge in [-0.3, -0.25) is 13.9 Å². The normalized spacial score (nSPS) is 11.5. The zero-order valence-corrected chi connectivity index (χ0v) is 14.1. The van der Waals surface area contributed by atoms with E-state index in [2.05, 4.69) is 15.5 Å². The first-order valence-electron chi connectivity index (χ1n) is 7.68. The summed E-state index contributed by atoms with van der Waals surface area (Å²) in [7, 11) is 3.01. The number of phenolic OH excluding ortho intramolecular Hbond substituents is 1. The highest BCUT2D eigenvalue weighted by Gasteiger charge is 2.17. The van der Waals surface area contributed by atoms with Crippen molar-refractivity contribution in [2.45, 2.75) is 13.5 Å². The summed E-state index contributed by atoms with van der Waals surface area (Å²) in [6.07, 6.45) is 1.57. The number of hydrogen-bond acceptors (Lipinski definition) is 6. The number of imidazole rings is 1. The molecule has 3 rings (SSSR count). The number of fused-ring (bicyclic) bond motifs is 1. The van der Waals surface area contributed by atoms with Crippen LogP contribution in [0.1, 0.15) is 12.5 Å². The summed E-state index contributed by atoms with van der Waals surface area (Å²) in [5.41, 5.74) is 3.40. The second kappa shape index (κ2) is 6.27. The lowest BCUT2D eigenvalue weighted by Crippen LogP contribution is -2.37. The number of nitrogens with zero attached hydrogens (tertiary/aromatic N) is 5. The van der Waals surface area contributed by atoms with Gasteiger partial charge in [0.15, 0.2) is 11.2 Å². The van der Waals surface area contributed by atoms with E-state index in [1.165, 1.54) is 11.6 Å². The number of aryl methyl sites for hydroxylation is 2. The molecule has 1 aromatic carbocycles. The average molecular weight is 342 g/mol. The first kappa shape index (κ1) is 16.5. The van der Waals surface area contributed by atoms with Crippen LogP contribution in [-0.2, 0) is 20.6 Å². The van der Waals surface area contributed by atoms with E-state index in [0.717, 1.165) is 10.1 Å². The van der Waals surface area contributed by atoms with E-state index in [4.69, 9.17) is 0 Å². The smallest absolute Gasteiger partial charge is 0.332 e. The van der Waals surface area contributed by atoms with Crippen molar-refractivity contribution in [1.29, 1.82) is 0 Å². The molecule has 0 amide bonds. The summed E-state index contributed by atoms with van der Waals surface area (Å²) >= 11 is 0. The Morgan fingerprint density at radius 2 is 1.88 bits per heavy atom.